The van der Waals surface area contributed by atoms with Gasteiger partial charge in [0.05, 0.1) is 39.6 Å². The second kappa shape index (κ2) is 11.3. The summed E-state index contributed by atoms with van der Waals surface area (Å²) in [5.74, 6) is 0.948. The number of rotatable bonds is 2. The smallest absolute Gasteiger partial charge is 0.255 e. The number of hydrogen-bond acceptors (Lipinski definition) is 6. The zero-order chi connectivity index (χ0) is 19.4. The Hall–Kier alpha value is -2.61. The highest BCUT2D eigenvalue weighted by Crippen LogP contribution is 2.31. The molecule has 2 aromatic carbocycles. The third-order valence-corrected chi connectivity index (χ3v) is 3.95. The Bertz CT molecular complexity index is 737. The Kier molecular flexibility index (Phi) is 8.11. The van der Waals surface area contributed by atoms with E-state index in [0.29, 0.717) is 75.6 Å². The van der Waals surface area contributed by atoms with Gasteiger partial charge in [0.1, 0.15) is 13.2 Å². The lowest BCUT2D eigenvalue weighted by atomic mass is 10.2. The molecule has 150 valence electrons. The van der Waals surface area contributed by atoms with Crippen molar-refractivity contribution < 1.29 is 28.5 Å². The van der Waals surface area contributed by atoms with Crippen molar-refractivity contribution in [2.24, 2.45) is 0 Å². The van der Waals surface area contributed by atoms with Crippen molar-refractivity contribution in [1.29, 1.82) is 0 Å². The van der Waals surface area contributed by atoms with Crippen molar-refractivity contribution >= 4 is 11.6 Å². The lowest BCUT2D eigenvalue weighted by Gasteiger charge is -2.15. The monoisotopic (exact) mass is 387 g/mol. The van der Waals surface area contributed by atoms with E-state index in [9.17, 15) is 4.79 Å². The molecule has 0 saturated heterocycles. The summed E-state index contributed by atoms with van der Waals surface area (Å²) < 4.78 is 27.9. The van der Waals surface area contributed by atoms with Crippen LogP contribution in [0.5, 0.6) is 11.5 Å². The van der Waals surface area contributed by atoms with Crippen LogP contribution < -0.4 is 14.8 Å². The topological polar surface area (TPSA) is 75.3 Å². The molecule has 0 unspecified atom stereocenters. The van der Waals surface area contributed by atoms with Crippen LogP contribution in [0.25, 0.3) is 0 Å². The van der Waals surface area contributed by atoms with Crippen molar-refractivity contribution in [3.8, 4) is 11.5 Å². The third kappa shape index (κ3) is 6.53. The van der Waals surface area contributed by atoms with Gasteiger partial charge in [-0.05, 0) is 24.3 Å². The maximum Gasteiger partial charge on any atom is 0.255 e. The van der Waals surface area contributed by atoms with E-state index in [1.54, 1.807) is 30.3 Å². The number of carbonyl (C=O) groups is 1. The maximum atomic E-state index is 12.4. The van der Waals surface area contributed by atoms with E-state index in [1.165, 1.54) is 0 Å². The summed E-state index contributed by atoms with van der Waals surface area (Å²) in [5.41, 5.74) is 1.21. The predicted molar refractivity (Wildman–Crippen MR) is 104 cm³/mol. The summed E-state index contributed by atoms with van der Waals surface area (Å²) in [7, 11) is 0. The van der Waals surface area contributed by atoms with Gasteiger partial charge < -0.3 is 29.0 Å². The summed E-state index contributed by atoms with van der Waals surface area (Å²) in [5, 5.41) is 2.87. The number of nitrogens with one attached hydrogen (secondary N) is 1. The molecular formula is C21H25NO6. The number of amides is 1. The number of ether oxygens (including phenoxy) is 5. The van der Waals surface area contributed by atoms with E-state index in [4.69, 9.17) is 23.7 Å². The van der Waals surface area contributed by atoms with Gasteiger partial charge in [0.25, 0.3) is 5.91 Å². The predicted octanol–water partition coefficient (Wildman–Crippen LogP) is 2.76. The number of benzene rings is 2. The molecule has 1 heterocycles. The summed E-state index contributed by atoms with van der Waals surface area (Å²) in [6, 6.07) is 14.3. The molecule has 0 bridgehead atoms. The largest absolute Gasteiger partial charge is 0.487 e. The fourth-order valence-electron chi connectivity index (χ4n) is 2.57. The molecule has 1 N–H and O–H groups in total. The fraction of sp³-hybridized carbons (Fsp3) is 0.381. The van der Waals surface area contributed by atoms with E-state index in [0.717, 1.165) is 0 Å². The van der Waals surface area contributed by atoms with Crippen molar-refractivity contribution in [3.63, 3.8) is 0 Å². The Morgan fingerprint density at radius 1 is 0.679 bits per heavy atom. The van der Waals surface area contributed by atoms with Crippen LogP contribution in [0.2, 0.25) is 0 Å². The Balaban J connectivity index is 1.66. The Morgan fingerprint density at radius 3 is 1.89 bits per heavy atom. The normalized spacial score (nSPS) is 16.4. The fourth-order valence-corrected chi connectivity index (χ4v) is 2.57. The van der Waals surface area contributed by atoms with Crippen molar-refractivity contribution in [1.82, 2.24) is 0 Å². The van der Waals surface area contributed by atoms with Crippen LogP contribution in [0.15, 0.2) is 48.5 Å². The second-order valence-electron chi connectivity index (χ2n) is 6.02. The van der Waals surface area contributed by atoms with Crippen LogP contribution in [0.3, 0.4) is 0 Å². The van der Waals surface area contributed by atoms with Gasteiger partial charge >= 0.3 is 0 Å². The second-order valence-corrected chi connectivity index (χ2v) is 6.02. The van der Waals surface area contributed by atoms with Crippen molar-refractivity contribution in [3.05, 3.63) is 54.1 Å². The minimum absolute atomic E-state index is 0.185. The standard InChI is InChI=1S/C21H25NO6/c23-21(17-4-2-1-3-5-17)22-18-6-7-19-20(16-18)28-15-13-26-11-9-24-8-10-25-12-14-27-19/h1-7,16H,8-15H2,(H,22,23). The summed E-state index contributed by atoms with van der Waals surface area (Å²) in [4.78, 5) is 12.4. The maximum absolute atomic E-state index is 12.4. The number of anilines is 1. The van der Waals surface area contributed by atoms with Gasteiger partial charge in [-0.3, -0.25) is 4.79 Å². The third-order valence-electron chi connectivity index (χ3n) is 3.95. The molecule has 7 nitrogen and oxygen atoms in total. The molecule has 7 heteroatoms. The molecular weight excluding hydrogens is 362 g/mol. The highest BCUT2D eigenvalue weighted by atomic mass is 16.6. The zero-order valence-electron chi connectivity index (χ0n) is 15.7. The van der Waals surface area contributed by atoms with Gasteiger partial charge in [-0.2, -0.15) is 0 Å². The minimum atomic E-state index is -0.185. The van der Waals surface area contributed by atoms with E-state index >= 15 is 0 Å². The van der Waals surface area contributed by atoms with E-state index in [1.807, 2.05) is 18.2 Å². The molecule has 1 amide bonds. The van der Waals surface area contributed by atoms with Gasteiger partial charge in [0, 0.05) is 17.3 Å². The minimum Gasteiger partial charge on any atom is -0.487 e. The molecule has 1 aliphatic rings. The average molecular weight is 387 g/mol. The van der Waals surface area contributed by atoms with Crippen LogP contribution in [0.4, 0.5) is 5.69 Å². The lowest BCUT2D eigenvalue weighted by molar-refractivity contribution is 0.00708. The lowest BCUT2D eigenvalue weighted by Crippen LogP contribution is -2.13. The van der Waals surface area contributed by atoms with Gasteiger partial charge in [-0.25, -0.2) is 0 Å². The number of hydrogen-bond donors (Lipinski definition) is 1. The molecule has 3 rings (SSSR count). The van der Waals surface area contributed by atoms with Gasteiger partial charge in [0.2, 0.25) is 0 Å². The van der Waals surface area contributed by atoms with Crippen LogP contribution in [0, 0.1) is 0 Å². The number of fused-ring (bicyclic) bond motifs is 1. The average Bonchev–Trinajstić information content (AvgIpc) is 2.73. The van der Waals surface area contributed by atoms with Crippen LogP contribution in [-0.2, 0) is 14.2 Å². The SMILES string of the molecule is O=C(Nc1ccc2c(c1)OCCOCCOCCOCCO2)c1ccccc1. The van der Waals surface area contributed by atoms with Gasteiger partial charge in [0.15, 0.2) is 11.5 Å². The van der Waals surface area contributed by atoms with Crippen LogP contribution in [-0.4, -0.2) is 58.8 Å². The molecule has 28 heavy (non-hydrogen) atoms. The molecule has 2 aromatic rings. The van der Waals surface area contributed by atoms with E-state index in [-0.39, 0.29) is 5.91 Å². The Labute approximate surface area is 164 Å². The highest BCUT2D eigenvalue weighted by molar-refractivity contribution is 6.04. The first kappa shape index (κ1) is 20.1. The molecule has 0 radical (unpaired) electrons. The molecule has 0 aromatic heterocycles. The van der Waals surface area contributed by atoms with Crippen molar-refractivity contribution in [2.75, 3.05) is 58.2 Å². The number of carbonyl (C=O) groups excluding carboxylic acids is 1. The molecule has 0 spiro atoms. The molecule has 0 aliphatic carbocycles. The quantitative estimate of drug-likeness (QED) is 0.854. The van der Waals surface area contributed by atoms with Gasteiger partial charge in [-0.1, -0.05) is 18.2 Å². The molecule has 1 aliphatic heterocycles. The zero-order valence-corrected chi connectivity index (χ0v) is 15.7. The summed E-state index contributed by atoms with van der Waals surface area (Å²) in [6.45, 7) is 3.70. The molecule has 0 fully saturated rings. The first-order valence-electron chi connectivity index (χ1n) is 9.32. The van der Waals surface area contributed by atoms with Gasteiger partial charge in [-0.15, -0.1) is 0 Å². The first-order valence-corrected chi connectivity index (χ1v) is 9.32. The Morgan fingerprint density at radius 2 is 1.25 bits per heavy atom. The molecule has 0 atom stereocenters. The van der Waals surface area contributed by atoms with Crippen LogP contribution in [0.1, 0.15) is 10.4 Å². The molecule has 0 saturated carbocycles. The van der Waals surface area contributed by atoms with Crippen LogP contribution >= 0.6 is 0 Å². The van der Waals surface area contributed by atoms with E-state index < -0.39 is 0 Å². The van der Waals surface area contributed by atoms with E-state index in [2.05, 4.69) is 5.32 Å². The highest BCUT2D eigenvalue weighted by Gasteiger charge is 2.11. The summed E-state index contributed by atoms with van der Waals surface area (Å²) >= 11 is 0. The summed E-state index contributed by atoms with van der Waals surface area (Å²) in [6.07, 6.45) is 0. The van der Waals surface area contributed by atoms with Crippen molar-refractivity contribution in [2.45, 2.75) is 0 Å². The first-order chi connectivity index (χ1) is 13.8.